The first kappa shape index (κ1) is 37.2. The third kappa shape index (κ3) is 5.80. The molecule has 1 heterocycles. The predicted octanol–water partition coefficient (Wildman–Crippen LogP) is 16.8. The Hall–Kier alpha value is -7.62. The number of hydrogen-bond donors (Lipinski definition) is 0. The molecule has 3 nitrogen and oxygen atoms in total. The van der Waals surface area contributed by atoms with E-state index in [2.05, 4.69) is 238 Å². The summed E-state index contributed by atoms with van der Waals surface area (Å²) in [6.45, 7) is 9.40. The van der Waals surface area contributed by atoms with Crippen LogP contribution in [0, 0.1) is 0 Å². The summed E-state index contributed by atoms with van der Waals surface area (Å²) in [4.78, 5) is 4.72. The van der Waals surface area contributed by atoms with Gasteiger partial charge in [0.1, 0.15) is 11.2 Å². The van der Waals surface area contributed by atoms with Crippen LogP contribution in [0.15, 0.2) is 211 Å². The number of nitrogens with zero attached hydrogens (tertiary/aromatic N) is 2. The molecule has 302 valence electrons. The van der Waals surface area contributed by atoms with E-state index in [-0.39, 0.29) is 10.8 Å². The second kappa shape index (κ2) is 14.0. The van der Waals surface area contributed by atoms with E-state index in [1.807, 2.05) is 6.07 Å². The smallest absolute Gasteiger partial charge is 0.135 e. The monoisotopic (exact) mass is 810 g/mol. The molecule has 0 atom stereocenters. The van der Waals surface area contributed by atoms with Gasteiger partial charge in [-0.1, -0.05) is 137 Å². The summed E-state index contributed by atoms with van der Waals surface area (Å²) in [6, 6.07) is 75.2. The lowest BCUT2D eigenvalue weighted by Gasteiger charge is -2.29. The molecule has 12 rings (SSSR count). The lowest BCUT2D eigenvalue weighted by molar-refractivity contribution is 0.647. The fourth-order valence-electron chi connectivity index (χ4n) is 10.6. The molecule has 0 bridgehead atoms. The van der Waals surface area contributed by atoms with E-state index >= 15 is 0 Å². The minimum atomic E-state index is -0.172. The summed E-state index contributed by atoms with van der Waals surface area (Å²) in [6.07, 6.45) is 0. The van der Waals surface area contributed by atoms with Gasteiger partial charge >= 0.3 is 0 Å². The summed E-state index contributed by atoms with van der Waals surface area (Å²) in [5, 5.41) is 2.34. The fourth-order valence-corrected chi connectivity index (χ4v) is 10.6. The van der Waals surface area contributed by atoms with Crippen LogP contribution in [0.2, 0.25) is 0 Å². The van der Waals surface area contributed by atoms with Crippen molar-refractivity contribution in [1.82, 2.24) is 0 Å². The second-order valence-corrected chi connectivity index (χ2v) is 18.2. The lowest BCUT2D eigenvalue weighted by atomic mass is 9.81. The molecule has 3 heteroatoms. The van der Waals surface area contributed by atoms with Crippen LogP contribution in [-0.2, 0) is 10.8 Å². The Kier molecular flexibility index (Phi) is 8.23. The summed E-state index contributed by atoms with van der Waals surface area (Å²) >= 11 is 0. The van der Waals surface area contributed by atoms with Crippen molar-refractivity contribution in [2.24, 2.45) is 0 Å². The van der Waals surface area contributed by atoms with Crippen molar-refractivity contribution in [3.8, 4) is 33.4 Å². The summed E-state index contributed by atoms with van der Waals surface area (Å²) in [5.41, 5.74) is 21.3. The van der Waals surface area contributed by atoms with Crippen LogP contribution in [0.25, 0.3) is 55.3 Å². The van der Waals surface area contributed by atoms with E-state index in [4.69, 9.17) is 4.42 Å². The van der Waals surface area contributed by atoms with Gasteiger partial charge in [0.15, 0.2) is 0 Å². The number of fused-ring (bicyclic) bond motifs is 9. The van der Waals surface area contributed by atoms with Crippen molar-refractivity contribution in [2.75, 3.05) is 9.80 Å². The van der Waals surface area contributed by atoms with Gasteiger partial charge in [-0.25, -0.2) is 0 Å². The van der Waals surface area contributed by atoms with Gasteiger partial charge < -0.3 is 14.2 Å². The van der Waals surface area contributed by atoms with Crippen molar-refractivity contribution in [3.63, 3.8) is 0 Å². The van der Waals surface area contributed by atoms with Gasteiger partial charge in [0.05, 0.1) is 0 Å². The van der Waals surface area contributed by atoms with Gasteiger partial charge in [0, 0.05) is 55.7 Å². The first-order valence-corrected chi connectivity index (χ1v) is 22.0. The SMILES string of the molecule is CC1(C)c2ccccc2-c2ccc(N(c3ccc(-c4ccc5c(c4)C(C)(C)c4cc6oc7ccccc7c6cc4-5)cc3)c3ccc(N(c4ccccc4)c4ccccc4)cc3)cc21. The zero-order chi connectivity index (χ0) is 42.5. The van der Waals surface area contributed by atoms with Crippen LogP contribution in [0.1, 0.15) is 49.9 Å². The quantitative estimate of drug-likeness (QED) is 0.160. The van der Waals surface area contributed by atoms with Crippen LogP contribution < -0.4 is 9.80 Å². The van der Waals surface area contributed by atoms with Gasteiger partial charge in [-0.15, -0.1) is 0 Å². The van der Waals surface area contributed by atoms with Gasteiger partial charge in [0.25, 0.3) is 0 Å². The first-order valence-electron chi connectivity index (χ1n) is 22.0. The van der Waals surface area contributed by atoms with E-state index < -0.39 is 0 Å². The number of anilines is 6. The topological polar surface area (TPSA) is 19.6 Å². The van der Waals surface area contributed by atoms with Crippen molar-refractivity contribution in [2.45, 2.75) is 38.5 Å². The van der Waals surface area contributed by atoms with E-state index in [0.717, 1.165) is 45.3 Å². The number of benzene rings is 9. The standard InChI is InChI=1S/C60H46N2O/c1-59(2)53-21-13-11-19-47(53)48-34-32-46(36-55(48)59)62(45-30-28-44(29-31-45)61(41-15-7-5-8-16-41)42-17-9-6-10-18-42)43-26-23-39(24-27-43)40-25-33-49-51-37-52-50-20-12-14-22-57(50)63-58(52)38-56(51)60(3,4)54(49)35-40/h5-38H,1-4H3. The third-order valence-corrected chi connectivity index (χ3v) is 13.9. The number of hydrogen-bond acceptors (Lipinski definition) is 3. The van der Waals surface area contributed by atoms with Gasteiger partial charge in [-0.2, -0.15) is 0 Å². The Morgan fingerprint density at radius 1 is 0.302 bits per heavy atom. The van der Waals surface area contributed by atoms with E-state index in [1.54, 1.807) is 0 Å². The maximum Gasteiger partial charge on any atom is 0.135 e. The predicted molar refractivity (Wildman–Crippen MR) is 264 cm³/mol. The zero-order valence-corrected chi connectivity index (χ0v) is 35.9. The molecule has 0 radical (unpaired) electrons. The maximum absolute atomic E-state index is 6.35. The van der Waals surface area contributed by atoms with Crippen LogP contribution in [0.4, 0.5) is 34.1 Å². The summed E-state index contributed by atoms with van der Waals surface area (Å²) < 4.78 is 6.35. The van der Waals surface area contributed by atoms with E-state index in [9.17, 15) is 0 Å². The fraction of sp³-hybridized carbons (Fsp3) is 0.100. The van der Waals surface area contributed by atoms with Crippen molar-refractivity contribution in [3.05, 3.63) is 229 Å². The normalized spacial score (nSPS) is 14.0. The molecule has 0 fully saturated rings. The average Bonchev–Trinajstić information content (AvgIpc) is 3.88. The highest BCUT2D eigenvalue weighted by atomic mass is 16.3. The average molecular weight is 811 g/mol. The third-order valence-electron chi connectivity index (χ3n) is 13.9. The molecule has 63 heavy (non-hydrogen) atoms. The molecule has 0 N–H and O–H groups in total. The Morgan fingerprint density at radius 3 is 1.46 bits per heavy atom. The Bertz CT molecular complexity index is 3340. The van der Waals surface area contributed by atoms with Crippen LogP contribution >= 0.6 is 0 Å². The molecule has 9 aromatic carbocycles. The molecular weight excluding hydrogens is 765 g/mol. The van der Waals surface area contributed by atoms with E-state index in [1.165, 1.54) is 66.4 Å². The highest BCUT2D eigenvalue weighted by Crippen LogP contribution is 2.53. The molecular formula is C60H46N2O. The summed E-state index contributed by atoms with van der Waals surface area (Å²) in [7, 11) is 0. The molecule has 0 unspecified atom stereocenters. The molecule has 10 aromatic rings. The maximum atomic E-state index is 6.35. The molecule has 2 aliphatic carbocycles. The number of furan rings is 1. The van der Waals surface area contributed by atoms with Crippen LogP contribution in [0.3, 0.4) is 0 Å². The molecule has 1 aromatic heterocycles. The number of rotatable bonds is 7. The van der Waals surface area contributed by atoms with Crippen molar-refractivity contribution in [1.29, 1.82) is 0 Å². The van der Waals surface area contributed by atoms with Crippen molar-refractivity contribution >= 4 is 56.1 Å². The number of para-hydroxylation sites is 3. The molecule has 0 aliphatic heterocycles. The van der Waals surface area contributed by atoms with Crippen LogP contribution in [-0.4, -0.2) is 0 Å². The highest BCUT2D eigenvalue weighted by molar-refractivity contribution is 6.08. The molecule has 0 spiro atoms. The van der Waals surface area contributed by atoms with Crippen LogP contribution in [0.5, 0.6) is 0 Å². The highest BCUT2D eigenvalue weighted by Gasteiger charge is 2.37. The summed E-state index contributed by atoms with van der Waals surface area (Å²) in [5.74, 6) is 0. The van der Waals surface area contributed by atoms with E-state index in [0.29, 0.717) is 0 Å². The molecule has 2 aliphatic rings. The van der Waals surface area contributed by atoms with Gasteiger partial charge in [0.2, 0.25) is 0 Å². The molecule has 0 saturated heterocycles. The minimum absolute atomic E-state index is 0.119. The Labute approximate surface area is 369 Å². The largest absolute Gasteiger partial charge is 0.456 e. The zero-order valence-electron chi connectivity index (χ0n) is 35.9. The lowest BCUT2D eigenvalue weighted by Crippen LogP contribution is -2.16. The Balaban J connectivity index is 0.937. The molecule has 0 saturated carbocycles. The van der Waals surface area contributed by atoms with Crippen molar-refractivity contribution < 1.29 is 4.42 Å². The van der Waals surface area contributed by atoms with Gasteiger partial charge in [-0.3, -0.25) is 0 Å². The molecule has 0 amide bonds. The minimum Gasteiger partial charge on any atom is -0.456 e. The second-order valence-electron chi connectivity index (χ2n) is 18.2. The first-order chi connectivity index (χ1) is 30.7. The van der Waals surface area contributed by atoms with Gasteiger partial charge in [-0.05, 0) is 153 Å². The Morgan fingerprint density at radius 2 is 0.762 bits per heavy atom.